The predicted molar refractivity (Wildman–Crippen MR) is 129 cm³/mol. The average molecular weight is 444 g/mol. The van der Waals surface area contributed by atoms with Crippen LogP contribution >= 0.6 is 11.8 Å². The smallest absolute Gasteiger partial charge is 0.251 e. The third kappa shape index (κ3) is 4.62. The van der Waals surface area contributed by atoms with Crippen LogP contribution < -0.4 is 10.2 Å². The molecule has 0 bridgehead atoms. The standard InChI is InChI=1S/C25H25N5OS/c31-24(27-16-18-11-12-26-23(15-18)30-13-5-6-14-30)20-8-2-1-7-19(20)17-32-25-28-21-9-3-4-10-22(21)29-25/h1-4,7-12,15H,5-6,13-14,16-17H2,(H,27,31)(H,28,29). The van der Waals surface area contributed by atoms with Gasteiger partial charge in [0.2, 0.25) is 0 Å². The van der Waals surface area contributed by atoms with Gasteiger partial charge >= 0.3 is 0 Å². The molecule has 162 valence electrons. The zero-order valence-corrected chi connectivity index (χ0v) is 18.6. The van der Waals surface area contributed by atoms with E-state index in [4.69, 9.17) is 0 Å². The molecule has 5 rings (SSSR count). The molecular formula is C25H25N5OS. The van der Waals surface area contributed by atoms with Gasteiger partial charge < -0.3 is 15.2 Å². The van der Waals surface area contributed by atoms with Crippen LogP contribution in [0, 0.1) is 0 Å². The fourth-order valence-corrected chi connectivity index (χ4v) is 4.87. The number of fused-ring (bicyclic) bond motifs is 1. The highest BCUT2D eigenvalue weighted by Crippen LogP contribution is 2.25. The second-order valence-electron chi connectivity index (χ2n) is 7.90. The Balaban J connectivity index is 1.24. The number of anilines is 1. The zero-order chi connectivity index (χ0) is 21.8. The van der Waals surface area contributed by atoms with E-state index in [1.165, 1.54) is 12.8 Å². The summed E-state index contributed by atoms with van der Waals surface area (Å²) >= 11 is 1.60. The van der Waals surface area contributed by atoms with E-state index in [1.807, 2.05) is 60.8 Å². The number of aromatic amines is 1. The van der Waals surface area contributed by atoms with Gasteiger partial charge in [-0.2, -0.15) is 0 Å². The van der Waals surface area contributed by atoms with Gasteiger partial charge in [-0.1, -0.05) is 42.1 Å². The van der Waals surface area contributed by atoms with Crippen LogP contribution in [0.5, 0.6) is 0 Å². The summed E-state index contributed by atoms with van der Waals surface area (Å²) in [5.41, 5.74) is 4.72. The largest absolute Gasteiger partial charge is 0.357 e. The predicted octanol–water partition coefficient (Wildman–Crippen LogP) is 4.78. The highest BCUT2D eigenvalue weighted by molar-refractivity contribution is 7.98. The van der Waals surface area contributed by atoms with Crippen molar-refractivity contribution >= 4 is 34.5 Å². The van der Waals surface area contributed by atoms with Crippen LogP contribution in [0.3, 0.4) is 0 Å². The van der Waals surface area contributed by atoms with Crippen LogP contribution in [-0.4, -0.2) is 33.9 Å². The quantitative estimate of drug-likeness (QED) is 0.402. The number of nitrogens with zero attached hydrogens (tertiary/aromatic N) is 3. The molecule has 1 amide bonds. The molecule has 1 aliphatic rings. The molecule has 2 N–H and O–H groups in total. The van der Waals surface area contributed by atoms with Gasteiger partial charge in [0.05, 0.1) is 11.0 Å². The molecule has 7 heteroatoms. The molecule has 1 aliphatic heterocycles. The van der Waals surface area contributed by atoms with Crippen LogP contribution in [0.25, 0.3) is 11.0 Å². The van der Waals surface area contributed by atoms with E-state index in [9.17, 15) is 4.79 Å². The van der Waals surface area contributed by atoms with E-state index in [0.717, 1.165) is 46.2 Å². The van der Waals surface area contributed by atoms with Crippen molar-refractivity contribution in [1.29, 1.82) is 0 Å². The molecule has 0 atom stereocenters. The van der Waals surface area contributed by atoms with Gasteiger partial charge in [0, 0.05) is 37.1 Å². The molecule has 0 aliphatic carbocycles. The van der Waals surface area contributed by atoms with Crippen molar-refractivity contribution < 1.29 is 4.79 Å². The molecule has 2 aromatic heterocycles. The third-order valence-corrected chi connectivity index (χ3v) is 6.61. The molecule has 32 heavy (non-hydrogen) atoms. The van der Waals surface area contributed by atoms with Crippen LogP contribution in [0.2, 0.25) is 0 Å². The summed E-state index contributed by atoms with van der Waals surface area (Å²) in [7, 11) is 0. The van der Waals surface area contributed by atoms with Crippen molar-refractivity contribution in [2.75, 3.05) is 18.0 Å². The highest BCUT2D eigenvalue weighted by atomic mass is 32.2. The molecular weight excluding hydrogens is 418 g/mol. The molecule has 2 aromatic carbocycles. The number of carbonyl (C=O) groups excluding carboxylic acids is 1. The first-order valence-corrected chi connectivity index (χ1v) is 11.9. The number of hydrogen-bond acceptors (Lipinski definition) is 5. The Kier molecular flexibility index (Phi) is 6.07. The van der Waals surface area contributed by atoms with Crippen LogP contribution in [-0.2, 0) is 12.3 Å². The number of H-pyrrole nitrogens is 1. The lowest BCUT2D eigenvalue weighted by Gasteiger charge is -2.17. The minimum Gasteiger partial charge on any atom is -0.357 e. The van der Waals surface area contributed by atoms with E-state index >= 15 is 0 Å². The molecule has 0 radical (unpaired) electrons. The van der Waals surface area contributed by atoms with Gasteiger partial charge in [0.25, 0.3) is 5.91 Å². The third-order valence-electron chi connectivity index (χ3n) is 5.69. The van der Waals surface area contributed by atoms with E-state index in [2.05, 4.69) is 31.2 Å². The summed E-state index contributed by atoms with van der Waals surface area (Å²) in [6.07, 6.45) is 4.25. The number of benzene rings is 2. The van der Waals surface area contributed by atoms with Crippen LogP contribution in [0.4, 0.5) is 5.82 Å². The summed E-state index contributed by atoms with van der Waals surface area (Å²) in [5, 5.41) is 3.93. The number of carbonyl (C=O) groups is 1. The Morgan fingerprint density at radius 1 is 1.06 bits per heavy atom. The SMILES string of the molecule is O=C(NCc1ccnc(N2CCCC2)c1)c1ccccc1CSc1nc2ccccc2[nH]1. The number of hydrogen-bond donors (Lipinski definition) is 2. The van der Waals surface area contributed by atoms with Crippen molar-refractivity contribution in [2.45, 2.75) is 30.3 Å². The lowest BCUT2D eigenvalue weighted by molar-refractivity contribution is 0.0950. The minimum atomic E-state index is -0.0645. The second kappa shape index (κ2) is 9.44. The van der Waals surface area contributed by atoms with Gasteiger partial charge in [0.1, 0.15) is 5.82 Å². The molecule has 0 unspecified atom stereocenters. The Hall–Kier alpha value is -3.32. The lowest BCUT2D eigenvalue weighted by Crippen LogP contribution is -2.24. The Labute approximate surface area is 191 Å². The number of nitrogens with one attached hydrogen (secondary N) is 2. The number of pyridine rings is 1. The van der Waals surface area contributed by atoms with Gasteiger partial charge in [-0.05, 0) is 54.3 Å². The van der Waals surface area contributed by atoms with Gasteiger partial charge in [-0.3, -0.25) is 4.79 Å². The van der Waals surface area contributed by atoms with E-state index in [1.54, 1.807) is 11.8 Å². The number of thioether (sulfide) groups is 1. The van der Waals surface area contributed by atoms with Crippen molar-refractivity contribution in [3.05, 3.63) is 83.6 Å². The highest BCUT2D eigenvalue weighted by Gasteiger charge is 2.15. The normalized spacial score (nSPS) is 13.6. The molecule has 6 nitrogen and oxygen atoms in total. The monoisotopic (exact) mass is 443 g/mol. The Bertz CT molecular complexity index is 1200. The van der Waals surface area contributed by atoms with Gasteiger partial charge in [-0.15, -0.1) is 0 Å². The van der Waals surface area contributed by atoms with Crippen molar-refractivity contribution in [3.8, 4) is 0 Å². The molecule has 0 saturated carbocycles. The fourth-order valence-electron chi connectivity index (χ4n) is 3.98. The van der Waals surface area contributed by atoms with Gasteiger partial charge in [0.15, 0.2) is 5.16 Å². The maximum Gasteiger partial charge on any atom is 0.251 e. The van der Waals surface area contributed by atoms with E-state index < -0.39 is 0 Å². The molecule has 1 fully saturated rings. The summed E-state index contributed by atoms with van der Waals surface area (Å²) in [5.74, 6) is 1.60. The molecule has 4 aromatic rings. The topological polar surface area (TPSA) is 73.9 Å². The summed E-state index contributed by atoms with van der Waals surface area (Å²) < 4.78 is 0. The van der Waals surface area contributed by atoms with Crippen LogP contribution in [0.15, 0.2) is 72.0 Å². The first kappa shape index (κ1) is 20.6. The van der Waals surface area contributed by atoms with Gasteiger partial charge in [-0.25, -0.2) is 9.97 Å². The van der Waals surface area contributed by atoms with Crippen molar-refractivity contribution in [3.63, 3.8) is 0 Å². The first-order chi connectivity index (χ1) is 15.8. The zero-order valence-electron chi connectivity index (χ0n) is 17.8. The molecule has 1 saturated heterocycles. The Morgan fingerprint density at radius 3 is 2.75 bits per heavy atom. The van der Waals surface area contributed by atoms with Crippen molar-refractivity contribution in [2.24, 2.45) is 0 Å². The van der Waals surface area contributed by atoms with Crippen LogP contribution in [0.1, 0.15) is 34.3 Å². The number of rotatable bonds is 7. The number of para-hydroxylation sites is 2. The number of aromatic nitrogens is 3. The minimum absolute atomic E-state index is 0.0645. The Morgan fingerprint density at radius 2 is 1.88 bits per heavy atom. The number of amides is 1. The summed E-state index contributed by atoms with van der Waals surface area (Å²) in [6, 6.07) is 19.8. The second-order valence-corrected chi connectivity index (χ2v) is 8.87. The molecule has 3 heterocycles. The maximum absolute atomic E-state index is 13.0. The maximum atomic E-state index is 13.0. The average Bonchev–Trinajstić information content (AvgIpc) is 3.51. The van der Waals surface area contributed by atoms with E-state index in [-0.39, 0.29) is 5.91 Å². The van der Waals surface area contributed by atoms with Crippen molar-refractivity contribution in [1.82, 2.24) is 20.3 Å². The molecule has 0 spiro atoms. The van der Waals surface area contributed by atoms with E-state index in [0.29, 0.717) is 17.9 Å². The number of imidazole rings is 1. The first-order valence-electron chi connectivity index (χ1n) is 10.9. The lowest BCUT2D eigenvalue weighted by atomic mass is 10.1. The summed E-state index contributed by atoms with van der Waals surface area (Å²) in [6.45, 7) is 2.59. The summed E-state index contributed by atoms with van der Waals surface area (Å²) in [4.78, 5) is 27.7. The fraction of sp³-hybridized carbons (Fsp3) is 0.240.